The van der Waals surface area contributed by atoms with Crippen LogP contribution in [0.2, 0.25) is 0 Å². The Balaban J connectivity index is 1.97. The van der Waals surface area contributed by atoms with Crippen LogP contribution in [0.1, 0.15) is 47.4 Å². The molecule has 0 aliphatic rings. The van der Waals surface area contributed by atoms with Crippen LogP contribution in [0.3, 0.4) is 0 Å². The molecule has 2 aromatic carbocycles. The van der Waals surface area contributed by atoms with Crippen LogP contribution in [0.4, 0.5) is 0 Å². The third kappa shape index (κ3) is 6.01. The van der Waals surface area contributed by atoms with E-state index in [9.17, 15) is 9.59 Å². The van der Waals surface area contributed by atoms with Gasteiger partial charge in [-0.15, -0.1) is 0 Å². The first-order chi connectivity index (χ1) is 15.6. The van der Waals surface area contributed by atoms with Gasteiger partial charge in [0.25, 0.3) is 5.91 Å². The van der Waals surface area contributed by atoms with Crippen LogP contribution < -0.4 is 9.54 Å². The van der Waals surface area contributed by atoms with E-state index in [0.29, 0.717) is 41.4 Å². The smallest absolute Gasteiger partial charge is 0.338 e. The van der Waals surface area contributed by atoms with Gasteiger partial charge in [0.05, 0.1) is 29.0 Å². The Morgan fingerprint density at radius 3 is 2.72 bits per heavy atom. The van der Waals surface area contributed by atoms with E-state index >= 15 is 0 Å². The van der Waals surface area contributed by atoms with Gasteiger partial charge in [-0.2, -0.15) is 16.8 Å². The van der Waals surface area contributed by atoms with Gasteiger partial charge in [-0.1, -0.05) is 30.7 Å². The summed E-state index contributed by atoms with van der Waals surface area (Å²) in [7, 11) is 0. The monoisotopic (exact) mass is 472 g/mol. The van der Waals surface area contributed by atoms with E-state index in [2.05, 4.69) is 11.9 Å². The molecule has 0 fully saturated rings. The van der Waals surface area contributed by atoms with Crippen LogP contribution >= 0.6 is 23.1 Å². The second kappa shape index (κ2) is 11.9. The molecule has 8 heteroatoms. The van der Waals surface area contributed by atoms with Crippen molar-refractivity contribution in [3.63, 3.8) is 0 Å². The molecule has 6 nitrogen and oxygen atoms in total. The molecule has 0 radical (unpaired) electrons. The Hall–Kier alpha value is -2.58. The number of hydrogen-bond acceptors (Lipinski definition) is 6. The summed E-state index contributed by atoms with van der Waals surface area (Å²) in [4.78, 5) is 30.1. The SMILES string of the molecule is CCCCOc1cccc(C(=O)N=c2sc3cc(C(=O)OCC)ccc3n2CCSC)c1. The number of nitrogens with zero attached hydrogens (tertiary/aromatic N) is 2. The maximum Gasteiger partial charge on any atom is 0.338 e. The van der Waals surface area contributed by atoms with Crippen LogP contribution in [0, 0.1) is 0 Å². The van der Waals surface area contributed by atoms with E-state index in [1.807, 2.05) is 29.0 Å². The fourth-order valence-electron chi connectivity index (χ4n) is 3.10. The maximum absolute atomic E-state index is 13.0. The van der Waals surface area contributed by atoms with Crippen molar-refractivity contribution in [1.82, 2.24) is 4.57 Å². The molecule has 1 heterocycles. The van der Waals surface area contributed by atoms with Gasteiger partial charge >= 0.3 is 5.97 Å². The van der Waals surface area contributed by atoms with Gasteiger partial charge in [0.15, 0.2) is 4.80 Å². The molecule has 0 unspecified atom stereocenters. The minimum Gasteiger partial charge on any atom is -0.494 e. The lowest BCUT2D eigenvalue weighted by Crippen LogP contribution is -2.18. The average molecular weight is 473 g/mol. The van der Waals surface area contributed by atoms with Crippen molar-refractivity contribution in [2.75, 3.05) is 25.2 Å². The number of thioether (sulfide) groups is 1. The molecule has 0 saturated carbocycles. The van der Waals surface area contributed by atoms with Gasteiger partial charge in [-0.25, -0.2) is 4.79 Å². The average Bonchev–Trinajstić information content (AvgIpc) is 3.14. The van der Waals surface area contributed by atoms with Crippen molar-refractivity contribution >= 4 is 45.2 Å². The van der Waals surface area contributed by atoms with Crippen molar-refractivity contribution in [2.45, 2.75) is 33.2 Å². The molecule has 3 rings (SSSR count). The number of ether oxygens (including phenoxy) is 2. The molecule has 0 saturated heterocycles. The quantitative estimate of drug-likeness (QED) is 0.301. The molecular formula is C24H28N2O4S2. The maximum atomic E-state index is 13.0. The Morgan fingerprint density at radius 1 is 1.12 bits per heavy atom. The molecule has 1 amide bonds. The molecule has 0 bridgehead atoms. The zero-order valence-electron chi connectivity index (χ0n) is 18.6. The molecule has 0 atom stereocenters. The van der Waals surface area contributed by atoms with Crippen molar-refractivity contribution in [2.24, 2.45) is 4.99 Å². The Morgan fingerprint density at radius 2 is 1.97 bits per heavy atom. The first kappa shape index (κ1) is 24.1. The first-order valence-electron chi connectivity index (χ1n) is 10.7. The number of carbonyl (C=O) groups is 2. The fourth-order valence-corrected chi connectivity index (χ4v) is 4.56. The van der Waals surface area contributed by atoms with E-state index in [0.717, 1.165) is 28.8 Å². The van der Waals surface area contributed by atoms with Gasteiger partial charge in [-0.3, -0.25) is 4.79 Å². The van der Waals surface area contributed by atoms with Crippen LogP contribution in [-0.4, -0.2) is 41.7 Å². The van der Waals surface area contributed by atoms with Crippen molar-refractivity contribution < 1.29 is 19.1 Å². The summed E-state index contributed by atoms with van der Waals surface area (Å²) < 4.78 is 13.8. The van der Waals surface area contributed by atoms with E-state index in [-0.39, 0.29) is 11.9 Å². The van der Waals surface area contributed by atoms with Gasteiger partial charge < -0.3 is 14.0 Å². The second-order valence-corrected chi connectivity index (χ2v) is 9.07. The highest BCUT2D eigenvalue weighted by Gasteiger charge is 2.13. The van der Waals surface area contributed by atoms with Gasteiger partial charge in [-0.05, 0) is 56.0 Å². The lowest BCUT2D eigenvalue weighted by molar-refractivity contribution is 0.0526. The normalized spacial score (nSPS) is 11.7. The number of benzene rings is 2. The van der Waals surface area contributed by atoms with E-state index in [1.165, 1.54) is 11.3 Å². The Labute approximate surface area is 196 Å². The fraction of sp³-hybridized carbons (Fsp3) is 0.375. The predicted octanol–water partition coefficient (Wildman–Crippen LogP) is 5.16. The highest BCUT2D eigenvalue weighted by Crippen LogP contribution is 2.21. The van der Waals surface area contributed by atoms with Crippen molar-refractivity contribution in [1.29, 1.82) is 0 Å². The summed E-state index contributed by atoms with van der Waals surface area (Å²) in [5.74, 6) is 0.882. The van der Waals surface area contributed by atoms with Crippen molar-refractivity contribution in [3.05, 3.63) is 58.4 Å². The zero-order chi connectivity index (χ0) is 22.9. The van der Waals surface area contributed by atoms with Crippen LogP contribution in [-0.2, 0) is 11.3 Å². The minimum absolute atomic E-state index is 0.319. The molecule has 170 valence electrons. The summed E-state index contributed by atoms with van der Waals surface area (Å²) in [5, 5.41) is 0. The molecule has 0 N–H and O–H groups in total. The number of unbranched alkanes of at least 4 members (excludes halogenated alkanes) is 1. The highest BCUT2D eigenvalue weighted by atomic mass is 32.2. The number of fused-ring (bicyclic) bond motifs is 1. The van der Waals surface area contributed by atoms with Gasteiger partial charge in [0.1, 0.15) is 5.75 Å². The highest BCUT2D eigenvalue weighted by molar-refractivity contribution is 7.98. The number of carbonyl (C=O) groups excluding carboxylic acids is 2. The number of amides is 1. The summed E-state index contributed by atoms with van der Waals surface area (Å²) in [6.07, 6.45) is 4.06. The summed E-state index contributed by atoms with van der Waals surface area (Å²) >= 11 is 3.12. The van der Waals surface area contributed by atoms with E-state index in [4.69, 9.17) is 9.47 Å². The summed E-state index contributed by atoms with van der Waals surface area (Å²) in [5.41, 5.74) is 1.92. The summed E-state index contributed by atoms with van der Waals surface area (Å²) in [6, 6.07) is 12.6. The number of esters is 1. The Bertz CT molecular complexity index is 1150. The molecule has 0 aliphatic heterocycles. The lowest BCUT2D eigenvalue weighted by Gasteiger charge is -2.06. The number of aryl methyl sites for hydroxylation is 1. The molecule has 0 aliphatic carbocycles. The molecule has 1 aromatic heterocycles. The van der Waals surface area contributed by atoms with Crippen LogP contribution in [0.15, 0.2) is 47.5 Å². The van der Waals surface area contributed by atoms with E-state index in [1.54, 1.807) is 43.0 Å². The Kier molecular flexibility index (Phi) is 8.93. The van der Waals surface area contributed by atoms with Gasteiger partial charge in [0, 0.05) is 17.9 Å². The van der Waals surface area contributed by atoms with Crippen LogP contribution in [0.5, 0.6) is 5.75 Å². The largest absolute Gasteiger partial charge is 0.494 e. The first-order valence-corrected chi connectivity index (χ1v) is 12.9. The molecular weight excluding hydrogens is 444 g/mol. The number of hydrogen-bond donors (Lipinski definition) is 0. The molecule has 0 spiro atoms. The number of thiazole rings is 1. The van der Waals surface area contributed by atoms with Crippen molar-refractivity contribution in [3.8, 4) is 5.75 Å². The minimum atomic E-state index is -0.354. The second-order valence-electron chi connectivity index (χ2n) is 7.08. The third-order valence-electron chi connectivity index (χ3n) is 4.76. The summed E-state index contributed by atoms with van der Waals surface area (Å²) in [6.45, 7) is 5.55. The molecule has 3 aromatic rings. The number of aromatic nitrogens is 1. The van der Waals surface area contributed by atoms with E-state index < -0.39 is 0 Å². The number of rotatable bonds is 10. The standard InChI is InChI=1S/C24H28N2O4S2/c1-4-6-13-30-19-9-7-8-17(15-19)22(27)25-24-26(12-14-31-3)20-11-10-18(16-21(20)32-24)23(28)29-5-2/h7-11,15-16H,4-6,12-14H2,1-3H3. The van der Waals surface area contributed by atoms with Crippen LogP contribution in [0.25, 0.3) is 10.2 Å². The predicted molar refractivity (Wildman–Crippen MR) is 131 cm³/mol. The third-order valence-corrected chi connectivity index (χ3v) is 6.39. The topological polar surface area (TPSA) is 69.9 Å². The lowest BCUT2D eigenvalue weighted by atomic mass is 10.2. The zero-order valence-corrected chi connectivity index (χ0v) is 20.3. The van der Waals surface area contributed by atoms with Gasteiger partial charge in [0.2, 0.25) is 0 Å². The molecule has 32 heavy (non-hydrogen) atoms.